The van der Waals surface area contributed by atoms with Gasteiger partial charge in [-0.05, 0) is 30.5 Å². The van der Waals surface area contributed by atoms with Crippen LogP contribution in [0, 0.1) is 0 Å². The van der Waals surface area contributed by atoms with E-state index in [0.29, 0.717) is 5.69 Å². The van der Waals surface area contributed by atoms with Gasteiger partial charge in [-0.2, -0.15) is 12.8 Å². The van der Waals surface area contributed by atoms with Gasteiger partial charge in [0.1, 0.15) is 9.92 Å². The van der Waals surface area contributed by atoms with E-state index in [1.165, 1.54) is 11.1 Å². The Morgan fingerprint density at radius 1 is 1.13 bits per heavy atom. The van der Waals surface area contributed by atoms with E-state index in [1.54, 1.807) is 42.6 Å². The van der Waals surface area contributed by atoms with Gasteiger partial charge in [-0.1, -0.05) is 24.3 Å². The fourth-order valence-electron chi connectivity index (χ4n) is 2.35. The van der Waals surface area contributed by atoms with Gasteiger partial charge >= 0.3 is 0 Å². The van der Waals surface area contributed by atoms with E-state index in [1.807, 2.05) is 18.2 Å². The number of carbonyl (C=O) groups is 1. The van der Waals surface area contributed by atoms with E-state index >= 15 is 0 Å². The molecule has 1 atom stereocenters. The van der Waals surface area contributed by atoms with E-state index in [9.17, 15) is 13.2 Å². The predicted molar refractivity (Wildman–Crippen MR) is 90.1 cm³/mol. The Bertz CT molecular complexity index is 845. The number of hydrazine groups is 1. The Morgan fingerprint density at radius 2 is 1.83 bits per heavy atom. The highest BCUT2D eigenvalue weighted by Gasteiger charge is 2.41. The Labute approximate surface area is 138 Å². The van der Waals surface area contributed by atoms with Crippen molar-refractivity contribution in [2.75, 3.05) is 12.1 Å². The second-order valence-corrected chi connectivity index (χ2v) is 7.86. The van der Waals surface area contributed by atoms with Crippen molar-refractivity contribution in [3.05, 3.63) is 47.8 Å². The van der Waals surface area contributed by atoms with Gasteiger partial charge in [-0.15, -0.1) is 11.3 Å². The summed E-state index contributed by atoms with van der Waals surface area (Å²) < 4.78 is 28.6. The zero-order chi connectivity index (χ0) is 16.6. The summed E-state index contributed by atoms with van der Waals surface area (Å²) in [6, 6.07) is 11.8. The average Bonchev–Trinajstić information content (AvgIpc) is 3.13. The molecule has 3 rings (SSSR count). The predicted octanol–water partition coefficient (Wildman–Crippen LogP) is 2.16. The molecule has 8 heteroatoms. The lowest BCUT2D eigenvalue weighted by molar-refractivity contribution is -0.113. The van der Waals surface area contributed by atoms with Crippen LogP contribution in [-0.2, 0) is 14.8 Å². The molecule has 1 unspecified atom stereocenters. The zero-order valence-corrected chi connectivity index (χ0v) is 14.2. The number of para-hydroxylation sites is 1. The molecule has 1 aliphatic rings. The molecule has 1 aromatic heterocycles. The molecule has 1 fully saturated rings. The molecule has 1 saturated heterocycles. The van der Waals surface area contributed by atoms with Crippen molar-refractivity contribution in [3.63, 3.8) is 0 Å². The molecule has 120 valence electrons. The Kier molecular flexibility index (Phi) is 4.05. The number of carbonyl (C=O) groups excluding carboxylic acids is 1. The highest BCUT2D eigenvalue weighted by Crippen LogP contribution is 2.26. The molecule has 23 heavy (non-hydrogen) atoms. The lowest BCUT2D eigenvalue weighted by atomic mass is 10.2. The SMILES string of the molecule is CC1C(=NS(=O)(=O)c2cccs2)C(=O)N(c2ccccc2)N1C. The Balaban J connectivity index is 2.02. The average molecular weight is 349 g/mol. The van der Waals surface area contributed by atoms with Crippen LogP contribution in [0.3, 0.4) is 0 Å². The number of nitrogens with zero attached hydrogens (tertiary/aromatic N) is 3. The molecular formula is C15H15N3O3S2. The molecule has 0 aliphatic carbocycles. The Morgan fingerprint density at radius 3 is 2.43 bits per heavy atom. The van der Waals surface area contributed by atoms with Crippen LogP contribution in [0.15, 0.2) is 56.5 Å². The maximum atomic E-state index is 12.7. The summed E-state index contributed by atoms with van der Waals surface area (Å²) in [5, 5.41) is 4.78. The molecule has 0 N–H and O–H groups in total. The number of amides is 1. The van der Waals surface area contributed by atoms with E-state index in [0.717, 1.165) is 11.3 Å². The van der Waals surface area contributed by atoms with Crippen LogP contribution < -0.4 is 5.01 Å². The summed E-state index contributed by atoms with van der Waals surface area (Å²) in [5.41, 5.74) is 0.690. The summed E-state index contributed by atoms with van der Waals surface area (Å²) in [6.07, 6.45) is 0. The van der Waals surface area contributed by atoms with Crippen LogP contribution in [0.5, 0.6) is 0 Å². The number of thiophene rings is 1. The molecule has 1 aliphatic heterocycles. The summed E-state index contributed by atoms with van der Waals surface area (Å²) >= 11 is 1.08. The van der Waals surface area contributed by atoms with Gasteiger partial charge in [0.15, 0.2) is 0 Å². The first-order chi connectivity index (χ1) is 10.9. The largest absolute Gasteiger partial charge is 0.292 e. The minimum Gasteiger partial charge on any atom is -0.266 e. The molecule has 2 heterocycles. The second kappa shape index (κ2) is 5.88. The minimum absolute atomic E-state index is 0.0183. The smallest absolute Gasteiger partial charge is 0.266 e. The number of benzene rings is 1. The van der Waals surface area contributed by atoms with Gasteiger partial charge in [-0.25, -0.2) is 10.0 Å². The molecule has 0 bridgehead atoms. The number of sulfonamides is 1. The summed E-state index contributed by atoms with van der Waals surface area (Å²) in [5.74, 6) is -0.425. The van der Waals surface area contributed by atoms with Crippen molar-refractivity contribution in [2.24, 2.45) is 4.40 Å². The summed E-state index contributed by atoms with van der Waals surface area (Å²) in [7, 11) is -2.13. The summed E-state index contributed by atoms with van der Waals surface area (Å²) in [6.45, 7) is 1.75. The first-order valence-corrected chi connectivity index (χ1v) is 9.24. The first kappa shape index (κ1) is 15.9. The number of anilines is 1. The number of hydrogen-bond donors (Lipinski definition) is 0. The van der Waals surface area contributed by atoms with Crippen LogP contribution in [0.2, 0.25) is 0 Å². The summed E-state index contributed by atoms with van der Waals surface area (Å²) in [4.78, 5) is 12.7. The van der Waals surface area contributed by atoms with Crippen molar-refractivity contribution in [2.45, 2.75) is 17.2 Å². The molecule has 0 radical (unpaired) electrons. The van der Waals surface area contributed by atoms with E-state index in [2.05, 4.69) is 4.40 Å². The first-order valence-electron chi connectivity index (χ1n) is 6.92. The van der Waals surface area contributed by atoms with Gasteiger partial charge in [0.25, 0.3) is 15.9 Å². The Hall–Kier alpha value is -2.03. The third-order valence-corrected chi connectivity index (χ3v) is 6.32. The standard InChI is InChI=1S/C15H15N3O3S2/c1-11-14(16-23(20,21)13-9-6-10-22-13)15(19)18(17(11)2)12-7-4-3-5-8-12/h3-11H,1-2H3. The molecule has 1 amide bonds. The van der Waals surface area contributed by atoms with Gasteiger partial charge < -0.3 is 0 Å². The van der Waals surface area contributed by atoms with E-state index in [4.69, 9.17) is 0 Å². The van der Waals surface area contributed by atoms with E-state index in [-0.39, 0.29) is 9.92 Å². The van der Waals surface area contributed by atoms with Crippen molar-refractivity contribution >= 4 is 38.7 Å². The van der Waals surface area contributed by atoms with Crippen LogP contribution in [0.25, 0.3) is 0 Å². The molecule has 6 nitrogen and oxygen atoms in total. The van der Waals surface area contributed by atoms with E-state index < -0.39 is 22.0 Å². The fourth-order valence-corrected chi connectivity index (χ4v) is 4.39. The van der Waals surface area contributed by atoms with Crippen molar-refractivity contribution in [1.29, 1.82) is 0 Å². The minimum atomic E-state index is -3.86. The van der Waals surface area contributed by atoms with Crippen molar-refractivity contribution in [3.8, 4) is 0 Å². The lowest BCUT2D eigenvalue weighted by Crippen LogP contribution is -2.38. The van der Waals surface area contributed by atoms with Crippen molar-refractivity contribution in [1.82, 2.24) is 5.01 Å². The number of hydrogen-bond acceptors (Lipinski definition) is 5. The monoisotopic (exact) mass is 349 g/mol. The fraction of sp³-hybridized carbons (Fsp3) is 0.200. The maximum absolute atomic E-state index is 12.7. The van der Waals surface area contributed by atoms with Gasteiger partial charge in [0, 0.05) is 7.05 Å². The van der Waals surface area contributed by atoms with Crippen LogP contribution in [0.4, 0.5) is 5.69 Å². The van der Waals surface area contributed by atoms with Crippen LogP contribution >= 0.6 is 11.3 Å². The normalized spacial score (nSPS) is 21.3. The van der Waals surface area contributed by atoms with Gasteiger partial charge in [-0.3, -0.25) is 4.79 Å². The topological polar surface area (TPSA) is 70.0 Å². The molecule has 0 spiro atoms. The molecule has 0 saturated carbocycles. The van der Waals surface area contributed by atoms with Crippen LogP contribution in [0.1, 0.15) is 6.92 Å². The zero-order valence-electron chi connectivity index (χ0n) is 12.6. The van der Waals surface area contributed by atoms with Gasteiger partial charge in [0.05, 0.1) is 11.7 Å². The van der Waals surface area contributed by atoms with Crippen molar-refractivity contribution < 1.29 is 13.2 Å². The lowest BCUT2D eigenvalue weighted by Gasteiger charge is -2.25. The third-order valence-electron chi connectivity index (χ3n) is 3.65. The van der Waals surface area contributed by atoms with Gasteiger partial charge in [0.2, 0.25) is 0 Å². The molecule has 1 aromatic carbocycles. The highest BCUT2D eigenvalue weighted by atomic mass is 32.2. The second-order valence-electron chi connectivity index (χ2n) is 5.09. The van der Waals surface area contributed by atoms with Crippen LogP contribution in [-0.4, -0.2) is 38.1 Å². The molecular weight excluding hydrogens is 334 g/mol. The maximum Gasteiger partial charge on any atom is 0.292 e. The molecule has 2 aromatic rings. The quantitative estimate of drug-likeness (QED) is 0.851. The highest BCUT2D eigenvalue weighted by molar-refractivity contribution is 7.92. The third kappa shape index (κ3) is 2.80. The number of rotatable bonds is 3.